The molecule has 0 unspecified atom stereocenters. The van der Waals surface area contributed by atoms with Crippen molar-refractivity contribution < 1.29 is 91.4 Å². The Morgan fingerprint density at radius 3 is 1.94 bits per heavy atom. The molecular weight excluding hydrogens is 1380 g/mol. The number of hydrogen-bond donors (Lipinski definition) is 15. The van der Waals surface area contributed by atoms with Gasteiger partial charge in [0.25, 0.3) is 0 Å². The molecule has 0 radical (unpaired) electrons. The fourth-order valence-electron chi connectivity index (χ4n) is 10.3. The van der Waals surface area contributed by atoms with Crippen molar-refractivity contribution in [2.75, 3.05) is 49.7 Å². The number of aromatic hydroxyl groups is 1. The SMILES string of the molecule is C[C@@H](O)[C@@H]1NC(=O)[C@H](CCCCN)NC(=O)[C@@H](Cc2c[nH]c3ccccc23)NC(=O)[C@H](Cc2ccc(O)cc2)NC(=O)[C@H](CCSCC(=O)NC[C@H](N)C([O-])=N[C@@H](Cc2ccc(N)cc2)C([O-])=N[C@@H](C[S-])C(=O)N[C@H](CO)[C@@H](C)O)N(C)C(=O)[C@H](Cc2ccccc2)NC1=O.[O]=[99Tc+3]. The third-order valence-electron chi connectivity index (χ3n) is 15.8. The zero-order chi connectivity index (χ0) is 71.3. The standard InChI is InChI=1S/C65H88N14O14S2.O.Tc/c1-36(81)52(33-80)76-62(90)53(34-94)77-60(88)48(27-39-16-20-42(67)21-17-39)72-57(85)45(68)32-70-55(84)35-95-26-24-54-63(91)74-49(28-40-18-22-43(83)23-19-40)59(87)73-50(30-41-31-69-46-14-8-7-13-44(41)46)61(89)71-47(15-9-10-25-66)58(86)78-56(37(2)82)64(92)75-51(65(93)79(54)3)29-38-11-5-4-6-12-38;;/h4-8,11-14,16-23,31,36-37,45,47-54,56,69,80-83,94H,9-10,15,24-30,32-35,66-68H2,1-3H3,(H,70,84)(H,71,89)(H,72,85)(H,73,87)(H,74,91)(H,75,92)(H,76,90)(H,77,88)(H,78,86);;/q;;+3/p-3/t36-,37-,45+,47+,48+,49+,50-,51+,52-,53+,54+,56+;;/m1../s1/i;;1+1. The van der Waals surface area contributed by atoms with Crippen molar-refractivity contribution in [3.05, 3.63) is 132 Å². The number of thioether (sulfide) groups is 1. The number of nitrogens with zero attached hydrogens (tertiary/aromatic N) is 3. The number of phenols is 1. The number of nitrogens with one attached hydrogen (secondary N) is 8. The molecule has 1 aliphatic heterocycles. The number of fused-ring (bicyclic) bond motifs is 1. The molecule has 32 heteroatoms. The summed E-state index contributed by atoms with van der Waals surface area (Å²) in [6.45, 7) is 1.75. The number of nitrogen functional groups attached to an aromatic ring is 1. The topological polar surface area (TPSA) is 487 Å². The molecule has 0 saturated carbocycles. The van der Waals surface area contributed by atoms with Crippen LogP contribution in [0.3, 0.4) is 0 Å². The number of hydrogen-bond acceptors (Lipinski definition) is 22. The summed E-state index contributed by atoms with van der Waals surface area (Å²) in [6, 6.07) is 13.5. The fourth-order valence-corrected chi connectivity index (χ4v) is 11.3. The molecule has 8 amide bonds. The summed E-state index contributed by atoms with van der Waals surface area (Å²) in [4.78, 5) is 128. The molecule has 18 N–H and O–H groups in total. The molecule has 524 valence electrons. The number of carbonyl (C=O) groups excluding carboxylic acids is 8. The van der Waals surface area contributed by atoms with Crippen LogP contribution in [-0.2, 0) is 99.0 Å². The monoisotopic (exact) mass is 1460 g/mol. The molecule has 0 aliphatic carbocycles. The van der Waals surface area contributed by atoms with Gasteiger partial charge < -0.3 is 108 Å². The van der Waals surface area contributed by atoms with E-state index in [-0.39, 0.29) is 68.1 Å². The van der Waals surface area contributed by atoms with E-state index in [1.165, 1.54) is 45.2 Å². The van der Waals surface area contributed by atoms with E-state index < -0.39 is 145 Å². The zero-order valence-corrected chi connectivity index (χ0v) is 57.3. The van der Waals surface area contributed by atoms with Gasteiger partial charge in [-0.1, -0.05) is 72.8 Å². The molecule has 1 saturated heterocycles. The van der Waals surface area contributed by atoms with E-state index >= 15 is 14.4 Å². The van der Waals surface area contributed by atoms with Gasteiger partial charge in [-0.2, -0.15) is 11.8 Å². The molecule has 5 aromatic rings. The average Bonchev–Trinajstić information content (AvgIpc) is 1.79. The minimum atomic E-state index is -1.69. The molecule has 2 heterocycles. The van der Waals surface area contributed by atoms with Gasteiger partial charge in [0.05, 0.1) is 36.7 Å². The first-order valence-electron chi connectivity index (χ1n) is 31.2. The van der Waals surface area contributed by atoms with Crippen molar-refractivity contribution in [3.63, 3.8) is 0 Å². The predicted octanol–water partition coefficient (Wildman–Crippen LogP) is -3.39. The molecule has 29 nitrogen and oxygen atoms in total. The number of nitrogens with two attached hydrogens (primary N) is 3. The van der Waals surface area contributed by atoms with Gasteiger partial charge in [0.15, 0.2) is 0 Å². The van der Waals surface area contributed by atoms with Crippen molar-refractivity contribution in [2.24, 2.45) is 21.5 Å². The minimum absolute atomic E-state index is 0.0208. The number of aromatic amines is 1. The van der Waals surface area contributed by atoms with Crippen molar-refractivity contribution >= 4 is 100 Å². The molecule has 6 rings (SSSR count). The Morgan fingerprint density at radius 2 is 1.30 bits per heavy atom. The second-order valence-corrected chi connectivity index (χ2v) is 24.7. The molecule has 97 heavy (non-hydrogen) atoms. The van der Waals surface area contributed by atoms with Gasteiger partial charge in [0, 0.05) is 61.7 Å². The van der Waals surface area contributed by atoms with Crippen LogP contribution < -0.4 is 64.6 Å². The molecule has 1 aliphatic rings. The summed E-state index contributed by atoms with van der Waals surface area (Å²) in [6.07, 6.45) is -1.13. The van der Waals surface area contributed by atoms with Crippen LogP contribution in [-0.4, -0.2) is 206 Å². The number of rotatable bonds is 29. The number of aliphatic hydroxyl groups is 3. The van der Waals surface area contributed by atoms with E-state index in [0.29, 0.717) is 40.8 Å². The van der Waals surface area contributed by atoms with Gasteiger partial charge in [0.1, 0.15) is 48.0 Å². The Labute approximate surface area is 581 Å². The summed E-state index contributed by atoms with van der Waals surface area (Å²) in [5.74, 6) is -9.49. The van der Waals surface area contributed by atoms with Gasteiger partial charge in [-0.3, -0.25) is 48.3 Å². The van der Waals surface area contributed by atoms with Crippen LogP contribution in [0, 0.1) is 0 Å². The molecule has 0 spiro atoms. The van der Waals surface area contributed by atoms with Crippen LogP contribution in [0.1, 0.15) is 61.8 Å². The van der Waals surface area contributed by atoms with E-state index in [4.69, 9.17) is 33.3 Å². The Balaban J connectivity index is 0.00000842. The van der Waals surface area contributed by atoms with Crippen molar-refractivity contribution in [1.29, 1.82) is 0 Å². The van der Waals surface area contributed by atoms with Gasteiger partial charge in [-0.25, -0.2) is 0 Å². The van der Waals surface area contributed by atoms with Gasteiger partial charge in [-0.15, -0.1) is 5.75 Å². The fraction of sp³-hybridized carbons (Fsp3) is 0.446. The van der Waals surface area contributed by atoms with E-state index in [1.807, 2.05) is 18.2 Å². The summed E-state index contributed by atoms with van der Waals surface area (Å²) in [5.41, 5.74) is 21.2. The number of aliphatic imine (C=N–C) groups is 2. The van der Waals surface area contributed by atoms with Crippen molar-refractivity contribution in [3.8, 4) is 5.75 Å². The quantitative estimate of drug-likeness (QED) is 0.00730. The number of benzene rings is 4. The summed E-state index contributed by atoms with van der Waals surface area (Å²) in [7, 11) is 1.31. The van der Waals surface area contributed by atoms with Crippen LogP contribution in [0.5, 0.6) is 5.75 Å². The number of phenolic OH excluding ortho intramolecular Hbond substituents is 1. The van der Waals surface area contributed by atoms with Crippen molar-refractivity contribution in [2.45, 2.75) is 138 Å². The summed E-state index contributed by atoms with van der Waals surface area (Å²) in [5, 5.41) is 87.5. The number of anilines is 1. The molecule has 0 bridgehead atoms. The molecule has 4 aromatic carbocycles. The van der Waals surface area contributed by atoms with E-state index in [1.54, 1.807) is 66.9 Å². The number of amides is 8. The second-order valence-electron chi connectivity index (χ2n) is 23.2. The number of para-hydroxylation sites is 1. The third-order valence-corrected chi connectivity index (χ3v) is 17.1. The Kier molecular flexibility index (Phi) is 33.1. The molecule has 1 fully saturated rings. The Bertz CT molecular complexity index is 3460. The maximum absolute atomic E-state index is 15.2. The Hall–Kier alpha value is -8.33. The second kappa shape index (κ2) is 40.4. The normalized spacial score (nSPS) is 20.5. The predicted molar refractivity (Wildman–Crippen MR) is 358 cm³/mol. The zero-order valence-electron chi connectivity index (χ0n) is 53.8. The van der Waals surface area contributed by atoms with Gasteiger partial charge in [0.2, 0.25) is 47.3 Å². The van der Waals surface area contributed by atoms with Crippen LogP contribution in [0.25, 0.3) is 10.9 Å². The average molecular weight is 1470 g/mol. The molecule has 1 aromatic heterocycles. The maximum atomic E-state index is 15.2. The number of carbonyl (C=O) groups is 8. The molecule has 12 atom stereocenters. The number of aliphatic hydroxyl groups excluding tert-OH is 3. The Morgan fingerprint density at radius 1 is 0.722 bits per heavy atom. The van der Waals surface area contributed by atoms with Crippen molar-refractivity contribution in [1.82, 2.24) is 47.1 Å². The van der Waals surface area contributed by atoms with Gasteiger partial charge in [-0.05, 0) is 123 Å². The summed E-state index contributed by atoms with van der Waals surface area (Å²) < 4.78 is 8.22. The van der Waals surface area contributed by atoms with Crippen LogP contribution in [0.2, 0.25) is 0 Å². The molecular formula is C65H85N14O15S2Tc. The first-order valence-corrected chi connectivity index (χ1v) is 33.7. The van der Waals surface area contributed by atoms with E-state index in [2.05, 4.69) is 52.2 Å². The summed E-state index contributed by atoms with van der Waals surface area (Å²) >= 11 is 7.00. The van der Waals surface area contributed by atoms with E-state index in [9.17, 15) is 54.6 Å². The first-order chi connectivity index (χ1) is 46.4. The van der Waals surface area contributed by atoms with Crippen LogP contribution in [0.15, 0.2) is 119 Å². The van der Waals surface area contributed by atoms with Gasteiger partial charge >= 0.3 is 22.4 Å². The van der Waals surface area contributed by atoms with E-state index in [0.717, 1.165) is 46.4 Å². The number of unbranched alkanes of at least 4 members (excludes halogenated alkanes) is 1. The number of H-pyrrole nitrogens is 1. The first kappa shape index (κ1) is 79.4. The van der Waals surface area contributed by atoms with Crippen LogP contribution >= 0.6 is 11.8 Å². The third kappa shape index (κ3) is 24.9. The van der Waals surface area contributed by atoms with Crippen LogP contribution in [0.4, 0.5) is 5.69 Å². The number of aromatic nitrogens is 1. The number of likely N-dealkylation sites (N-methyl/N-ethyl adjacent to an activating group) is 1.